The van der Waals surface area contributed by atoms with Crippen molar-refractivity contribution >= 4 is 34.0 Å². The van der Waals surface area contributed by atoms with Gasteiger partial charge in [-0.1, -0.05) is 30.3 Å². The molecule has 1 unspecified atom stereocenters. The topological polar surface area (TPSA) is 58.3 Å². The van der Waals surface area contributed by atoms with Crippen LogP contribution in [0.25, 0.3) is 0 Å². The van der Waals surface area contributed by atoms with Crippen LogP contribution in [-0.2, 0) is 6.54 Å². The van der Waals surface area contributed by atoms with Gasteiger partial charge >= 0.3 is 0 Å². The molecule has 6 heteroatoms. The predicted molar refractivity (Wildman–Crippen MR) is 88.9 cm³/mol. The molecule has 3 nitrogen and oxygen atoms in total. The summed E-state index contributed by atoms with van der Waals surface area (Å²) < 4.78 is 14.1. The maximum absolute atomic E-state index is 13.6. The average molecular weight is 376 g/mol. The largest absolute Gasteiger partial charge is 0.395 e. The molecule has 0 aliphatic rings. The molecule has 0 aromatic heterocycles. The number of anilines is 1. The van der Waals surface area contributed by atoms with Gasteiger partial charge in [0.25, 0.3) is 0 Å². The van der Waals surface area contributed by atoms with Gasteiger partial charge in [-0.2, -0.15) is 0 Å². The zero-order valence-electron chi connectivity index (χ0n) is 11.2. The molecule has 21 heavy (non-hydrogen) atoms. The first-order chi connectivity index (χ1) is 9.61. The number of halogens is 3. The second kappa shape index (κ2) is 8.34. The molecule has 0 saturated heterocycles. The number of nitrogens with one attached hydrogen (secondary N) is 1. The molecule has 1 atom stereocenters. The predicted octanol–water partition coefficient (Wildman–Crippen LogP) is 3.42. The fraction of sp³-hybridized carbons (Fsp3) is 0.200. The Hall–Kier alpha value is -1.14. The SMILES string of the molecule is Cl.Nc1c(F)cc(C(CO)NCc2ccccc2)cc1Br. The van der Waals surface area contributed by atoms with E-state index in [1.807, 2.05) is 30.3 Å². The Kier molecular flexibility index (Phi) is 7.11. The molecule has 0 saturated carbocycles. The molecular weight excluding hydrogens is 359 g/mol. The Morgan fingerprint density at radius 1 is 1.24 bits per heavy atom. The van der Waals surface area contributed by atoms with E-state index in [-0.39, 0.29) is 30.7 Å². The zero-order valence-corrected chi connectivity index (χ0v) is 13.6. The van der Waals surface area contributed by atoms with Gasteiger partial charge in [0.15, 0.2) is 0 Å². The number of nitrogen functional groups attached to an aromatic ring is 1. The first kappa shape index (κ1) is 17.9. The van der Waals surface area contributed by atoms with Crippen LogP contribution in [0.5, 0.6) is 0 Å². The van der Waals surface area contributed by atoms with Gasteiger partial charge in [0.2, 0.25) is 0 Å². The second-order valence-electron chi connectivity index (χ2n) is 4.50. The van der Waals surface area contributed by atoms with Crippen molar-refractivity contribution in [2.24, 2.45) is 0 Å². The summed E-state index contributed by atoms with van der Waals surface area (Å²) in [6, 6.07) is 12.5. The van der Waals surface area contributed by atoms with Crippen molar-refractivity contribution in [3.63, 3.8) is 0 Å². The highest BCUT2D eigenvalue weighted by atomic mass is 79.9. The summed E-state index contributed by atoms with van der Waals surface area (Å²) in [6.07, 6.45) is 0. The highest BCUT2D eigenvalue weighted by molar-refractivity contribution is 9.10. The van der Waals surface area contributed by atoms with Crippen molar-refractivity contribution in [3.05, 3.63) is 63.9 Å². The maximum atomic E-state index is 13.6. The third-order valence-electron chi connectivity index (χ3n) is 3.08. The van der Waals surface area contributed by atoms with Gasteiger partial charge in [-0.3, -0.25) is 0 Å². The molecule has 0 spiro atoms. The number of benzene rings is 2. The highest BCUT2D eigenvalue weighted by Gasteiger charge is 2.14. The molecule has 2 aromatic rings. The molecule has 0 aliphatic carbocycles. The van der Waals surface area contributed by atoms with E-state index in [1.54, 1.807) is 6.07 Å². The first-order valence-corrected chi connectivity index (χ1v) is 7.03. The fourth-order valence-corrected chi connectivity index (χ4v) is 2.38. The van der Waals surface area contributed by atoms with E-state index in [9.17, 15) is 9.50 Å². The van der Waals surface area contributed by atoms with Crippen LogP contribution in [-0.4, -0.2) is 11.7 Å². The minimum atomic E-state index is -0.491. The summed E-state index contributed by atoms with van der Waals surface area (Å²) in [6.45, 7) is 0.471. The summed E-state index contributed by atoms with van der Waals surface area (Å²) >= 11 is 3.22. The molecule has 114 valence electrons. The van der Waals surface area contributed by atoms with Crippen LogP contribution in [0.1, 0.15) is 17.2 Å². The van der Waals surface area contributed by atoms with Crippen LogP contribution in [0.3, 0.4) is 0 Å². The standard InChI is InChI=1S/C15H16BrFN2O.ClH/c16-12-6-11(7-13(17)15(12)18)14(9-20)19-8-10-4-2-1-3-5-10;/h1-7,14,19-20H,8-9,18H2;1H. The smallest absolute Gasteiger partial charge is 0.147 e. The number of aliphatic hydroxyl groups is 1. The van der Waals surface area contributed by atoms with Crippen LogP contribution < -0.4 is 11.1 Å². The van der Waals surface area contributed by atoms with E-state index in [1.165, 1.54) is 6.07 Å². The van der Waals surface area contributed by atoms with Gasteiger partial charge in [-0.25, -0.2) is 4.39 Å². The Bertz CT molecular complexity index is 560. The number of nitrogens with two attached hydrogens (primary N) is 1. The molecule has 0 amide bonds. The average Bonchev–Trinajstić information content (AvgIpc) is 2.46. The van der Waals surface area contributed by atoms with Crippen molar-refractivity contribution in [1.82, 2.24) is 5.32 Å². The number of hydrogen-bond donors (Lipinski definition) is 3. The minimum Gasteiger partial charge on any atom is -0.395 e. The van der Waals surface area contributed by atoms with E-state index in [0.29, 0.717) is 16.6 Å². The molecule has 4 N–H and O–H groups in total. The normalized spacial score (nSPS) is 11.8. The summed E-state index contributed by atoms with van der Waals surface area (Å²) in [5, 5.41) is 12.7. The van der Waals surface area contributed by atoms with E-state index in [4.69, 9.17) is 5.73 Å². The Labute approximate surface area is 137 Å². The third-order valence-corrected chi connectivity index (χ3v) is 3.74. The maximum Gasteiger partial charge on any atom is 0.147 e. The molecule has 0 fully saturated rings. The molecule has 0 aliphatic heterocycles. The lowest BCUT2D eigenvalue weighted by atomic mass is 10.1. The van der Waals surface area contributed by atoms with Crippen LogP contribution in [0, 0.1) is 5.82 Å². The highest BCUT2D eigenvalue weighted by Crippen LogP contribution is 2.27. The molecule has 0 heterocycles. The number of aliphatic hydroxyl groups excluding tert-OH is 1. The van der Waals surface area contributed by atoms with Gasteiger partial charge < -0.3 is 16.2 Å². The van der Waals surface area contributed by atoms with Crippen LogP contribution in [0.15, 0.2) is 46.9 Å². The lowest BCUT2D eigenvalue weighted by Crippen LogP contribution is -2.24. The Morgan fingerprint density at radius 2 is 1.90 bits per heavy atom. The fourth-order valence-electron chi connectivity index (χ4n) is 1.93. The monoisotopic (exact) mass is 374 g/mol. The Morgan fingerprint density at radius 3 is 2.48 bits per heavy atom. The number of hydrogen-bond acceptors (Lipinski definition) is 3. The van der Waals surface area contributed by atoms with Crippen molar-refractivity contribution in [2.45, 2.75) is 12.6 Å². The minimum absolute atomic E-state index is 0. The van der Waals surface area contributed by atoms with Crippen LogP contribution in [0.2, 0.25) is 0 Å². The lowest BCUT2D eigenvalue weighted by Gasteiger charge is -2.18. The third kappa shape index (κ3) is 4.68. The van der Waals surface area contributed by atoms with Gasteiger partial charge in [-0.15, -0.1) is 12.4 Å². The van der Waals surface area contributed by atoms with E-state index < -0.39 is 5.82 Å². The van der Waals surface area contributed by atoms with Crippen LogP contribution >= 0.6 is 28.3 Å². The van der Waals surface area contributed by atoms with Crippen LogP contribution in [0.4, 0.5) is 10.1 Å². The van der Waals surface area contributed by atoms with Gasteiger partial charge in [0.05, 0.1) is 18.3 Å². The van der Waals surface area contributed by atoms with Crippen molar-refractivity contribution in [2.75, 3.05) is 12.3 Å². The van der Waals surface area contributed by atoms with Gasteiger partial charge in [0, 0.05) is 11.0 Å². The van der Waals surface area contributed by atoms with Gasteiger partial charge in [-0.05, 0) is 39.2 Å². The lowest BCUT2D eigenvalue weighted by molar-refractivity contribution is 0.243. The molecule has 0 radical (unpaired) electrons. The quantitative estimate of drug-likeness (QED) is 0.702. The van der Waals surface area contributed by atoms with E-state index >= 15 is 0 Å². The molecule has 0 bridgehead atoms. The number of rotatable bonds is 5. The summed E-state index contributed by atoms with van der Waals surface area (Å²) in [5.41, 5.74) is 7.38. The second-order valence-corrected chi connectivity index (χ2v) is 5.35. The van der Waals surface area contributed by atoms with Crippen molar-refractivity contribution in [3.8, 4) is 0 Å². The summed E-state index contributed by atoms with van der Waals surface area (Å²) in [5.74, 6) is -0.491. The molecule has 2 aromatic carbocycles. The summed E-state index contributed by atoms with van der Waals surface area (Å²) in [4.78, 5) is 0. The molecule has 2 rings (SSSR count). The van der Waals surface area contributed by atoms with E-state index in [0.717, 1.165) is 5.56 Å². The molecular formula is C15H17BrClFN2O. The zero-order chi connectivity index (χ0) is 14.5. The Balaban J connectivity index is 0.00000220. The van der Waals surface area contributed by atoms with Crippen molar-refractivity contribution in [1.29, 1.82) is 0 Å². The van der Waals surface area contributed by atoms with Gasteiger partial charge in [0.1, 0.15) is 5.82 Å². The summed E-state index contributed by atoms with van der Waals surface area (Å²) in [7, 11) is 0. The van der Waals surface area contributed by atoms with Crippen molar-refractivity contribution < 1.29 is 9.50 Å². The van der Waals surface area contributed by atoms with E-state index in [2.05, 4.69) is 21.2 Å². The first-order valence-electron chi connectivity index (χ1n) is 6.24.